The molecule has 58 heavy (non-hydrogen) atoms. The topological polar surface area (TPSA) is 191 Å². The van der Waals surface area contributed by atoms with E-state index in [2.05, 4.69) is 16.0 Å². The summed E-state index contributed by atoms with van der Waals surface area (Å²) in [6.45, 7) is 12.2. The minimum atomic E-state index is -1.40. The van der Waals surface area contributed by atoms with Gasteiger partial charge in [0.05, 0.1) is 24.4 Å². The third-order valence-electron chi connectivity index (χ3n) is 11.8. The van der Waals surface area contributed by atoms with Crippen LogP contribution in [0.5, 0.6) is 11.5 Å². The molecular weight excluding hydrogens is 765 g/mol. The summed E-state index contributed by atoms with van der Waals surface area (Å²) in [5, 5.41) is 22.5. The van der Waals surface area contributed by atoms with Crippen LogP contribution in [0.2, 0.25) is 0 Å². The van der Waals surface area contributed by atoms with E-state index in [9.17, 15) is 24.3 Å². The summed E-state index contributed by atoms with van der Waals surface area (Å²) in [6.07, 6.45) is 2.25. The lowest BCUT2D eigenvalue weighted by Gasteiger charge is -2.35. The first-order valence-electron chi connectivity index (χ1n) is 20.4. The SMILES string of the molecule is CCC1CC1(NC(=O)C1CC(Oc2cc(-c3csc(NC(C)C)n3)nc3cc(OCCOC)ccc23)CN1C(=O)C(NC(=O)OC1CC2CC2C1)C(C)(C)C)C(=O)O. The monoisotopic (exact) mass is 820 g/mol. The van der Waals surface area contributed by atoms with Crippen LogP contribution in [-0.2, 0) is 23.9 Å². The Labute approximate surface area is 342 Å². The fraction of sp³-hybridized carbons (Fsp3) is 0.619. The Kier molecular flexibility index (Phi) is 11.8. The molecule has 3 heterocycles. The maximum atomic E-state index is 14.7. The lowest BCUT2D eigenvalue weighted by molar-refractivity contribution is -0.146. The molecule has 4 N–H and O–H groups in total. The maximum absolute atomic E-state index is 14.7. The number of amides is 3. The lowest BCUT2D eigenvalue weighted by atomic mass is 9.85. The predicted octanol–water partition coefficient (Wildman–Crippen LogP) is 5.86. The van der Waals surface area contributed by atoms with E-state index in [4.69, 9.17) is 28.9 Å². The molecule has 3 amide bonds. The maximum Gasteiger partial charge on any atom is 0.408 e. The van der Waals surface area contributed by atoms with Crippen LogP contribution in [0.15, 0.2) is 29.6 Å². The number of nitrogens with one attached hydrogen (secondary N) is 3. The molecule has 3 aliphatic carbocycles. The van der Waals surface area contributed by atoms with E-state index < -0.39 is 53.0 Å². The Hall–Kier alpha value is -4.70. The molecular formula is C42H56N6O9S. The van der Waals surface area contributed by atoms with Crippen molar-refractivity contribution in [3.8, 4) is 22.9 Å². The van der Waals surface area contributed by atoms with Crippen molar-refractivity contribution in [1.29, 1.82) is 0 Å². The fourth-order valence-electron chi connectivity index (χ4n) is 8.46. The molecule has 4 aliphatic rings. The number of rotatable bonds is 16. The molecule has 7 unspecified atom stereocenters. The van der Waals surface area contributed by atoms with Gasteiger partial charge in [-0.15, -0.1) is 11.3 Å². The number of methoxy groups -OCH3 is 1. The number of pyridine rings is 1. The summed E-state index contributed by atoms with van der Waals surface area (Å²) in [7, 11) is 1.61. The van der Waals surface area contributed by atoms with Gasteiger partial charge >= 0.3 is 12.1 Å². The molecule has 1 aliphatic heterocycles. The van der Waals surface area contributed by atoms with Crippen molar-refractivity contribution in [3.05, 3.63) is 29.6 Å². The van der Waals surface area contributed by atoms with Gasteiger partial charge in [-0.05, 0) is 74.8 Å². The third-order valence-corrected chi connectivity index (χ3v) is 12.6. The van der Waals surface area contributed by atoms with Gasteiger partial charge in [-0.2, -0.15) is 0 Å². The van der Waals surface area contributed by atoms with Gasteiger partial charge in [0.25, 0.3) is 0 Å². The van der Waals surface area contributed by atoms with Gasteiger partial charge < -0.3 is 44.9 Å². The lowest BCUT2D eigenvalue weighted by Crippen LogP contribution is -2.59. The van der Waals surface area contributed by atoms with E-state index >= 15 is 0 Å². The normalized spacial score (nSPS) is 26.5. The van der Waals surface area contributed by atoms with E-state index in [1.165, 1.54) is 22.7 Å². The third kappa shape index (κ3) is 8.97. The number of nitrogens with zero attached hydrogens (tertiary/aromatic N) is 3. The van der Waals surface area contributed by atoms with Gasteiger partial charge in [0.15, 0.2) is 5.13 Å². The number of benzene rings is 1. The summed E-state index contributed by atoms with van der Waals surface area (Å²) < 4.78 is 23.6. The van der Waals surface area contributed by atoms with Crippen molar-refractivity contribution in [2.24, 2.45) is 23.2 Å². The molecule has 0 bridgehead atoms. The van der Waals surface area contributed by atoms with E-state index in [1.807, 2.05) is 65.1 Å². The number of thiazole rings is 1. The first-order chi connectivity index (χ1) is 27.6. The smallest absolute Gasteiger partial charge is 0.408 e. The number of hydrogen-bond donors (Lipinski definition) is 4. The zero-order valence-corrected chi connectivity index (χ0v) is 35.1. The number of aromatic nitrogens is 2. The minimum absolute atomic E-state index is 0.00000991. The summed E-state index contributed by atoms with van der Waals surface area (Å²) in [4.78, 5) is 65.8. The number of ether oxygens (including phenoxy) is 4. The second-order valence-electron chi connectivity index (χ2n) is 17.6. The molecule has 4 fully saturated rings. The first-order valence-corrected chi connectivity index (χ1v) is 21.2. The van der Waals surface area contributed by atoms with Crippen molar-refractivity contribution < 1.29 is 43.2 Å². The highest BCUT2D eigenvalue weighted by molar-refractivity contribution is 7.14. The van der Waals surface area contributed by atoms with Crippen LogP contribution < -0.4 is 25.4 Å². The second kappa shape index (κ2) is 16.5. The van der Waals surface area contributed by atoms with Crippen molar-refractivity contribution in [1.82, 2.24) is 25.5 Å². The molecule has 2 aromatic heterocycles. The molecule has 7 rings (SSSR count). The van der Waals surface area contributed by atoms with E-state index in [0.29, 0.717) is 71.7 Å². The highest BCUT2D eigenvalue weighted by atomic mass is 32.1. The number of carbonyl (C=O) groups excluding carboxylic acids is 3. The van der Waals surface area contributed by atoms with Crippen LogP contribution in [0, 0.1) is 23.2 Å². The van der Waals surface area contributed by atoms with Crippen molar-refractivity contribution in [2.45, 2.75) is 116 Å². The molecule has 3 saturated carbocycles. The number of carboxylic acid groups (broad SMARTS) is 1. The van der Waals surface area contributed by atoms with Gasteiger partial charge in [0.1, 0.15) is 53.6 Å². The summed E-state index contributed by atoms with van der Waals surface area (Å²) in [5.74, 6) is -0.114. The first kappa shape index (κ1) is 41.5. The van der Waals surface area contributed by atoms with E-state index in [-0.39, 0.29) is 31.0 Å². The zero-order valence-electron chi connectivity index (χ0n) is 34.3. The number of likely N-dealkylation sites (tertiary alicyclic amines) is 1. The number of carbonyl (C=O) groups is 4. The molecule has 7 atom stereocenters. The summed E-state index contributed by atoms with van der Waals surface area (Å²) in [6, 6.07) is 5.35. The summed E-state index contributed by atoms with van der Waals surface area (Å²) >= 11 is 1.46. The summed E-state index contributed by atoms with van der Waals surface area (Å²) in [5.41, 5.74) is -0.381. The molecule has 314 valence electrons. The number of fused-ring (bicyclic) bond motifs is 2. The number of carboxylic acids is 1. The van der Waals surface area contributed by atoms with Gasteiger partial charge in [-0.1, -0.05) is 34.1 Å². The van der Waals surface area contributed by atoms with Gasteiger partial charge in [0.2, 0.25) is 11.8 Å². The van der Waals surface area contributed by atoms with Crippen LogP contribution >= 0.6 is 11.3 Å². The number of alkyl carbamates (subject to hydrolysis) is 1. The Bertz CT molecular complexity index is 2020. The van der Waals surface area contributed by atoms with Crippen LogP contribution in [0.25, 0.3) is 22.3 Å². The van der Waals surface area contributed by atoms with Gasteiger partial charge in [-0.25, -0.2) is 19.6 Å². The number of anilines is 1. The molecule has 16 heteroatoms. The molecule has 1 aromatic carbocycles. The Balaban J connectivity index is 1.19. The van der Waals surface area contributed by atoms with Gasteiger partial charge in [-0.3, -0.25) is 9.59 Å². The van der Waals surface area contributed by atoms with Crippen molar-refractivity contribution in [3.63, 3.8) is 0 Å². The predicted molar refractivity (Wildman–Crippen MR) is 218 cm³/mol. The van der Waals surface area contributed by atoms with Crippen LogP contribution in [0.1, 0.15) is 80.1 Å². The average Bonchev–Trinajstić information content (AvgIpc) is 3.83. The van der Waals surface area contributed by atoms with Crippen LogP contribution in [0.4, 0.5) is 9.93 Å². The van der Waals surface area contributed by atoms with Crippen LogP contribution in [-0.4, -0.2) is 107 Å². The second-order valence-corrected chi connectivity index (χ2v) is 18.5. The zero-order chi connectivity index (χ0) is 41.5. The Morgan fingerprint density at radius 2 is 1.78 bits per heavy atom. The van der Waals surface area contributed by atoms with E-state index in [1.54, 1.807) is 13.2 Å². The molecule has 15 nitrogen and oxygen atoms in total. The standard InChI is InChI=1S/C42H56N6O9S/c1-8-25-19-42(25,38(51)52)47-36(49)33-17-28(20-48(33)37(50)35(41(4,5)6)46-40(53)57-27-14-23-13-24(23)15-27)56-34-18-31(32-21-58-39(45-32)43-22(2)3)44-30-16-26(9-10-29(30)34)55-12-11-54-7/h9-10,16,18,21-25,27-28,33,35H,8,11-15,17,19-20H2,1-7H3,(H,43,45)(H,46,53)(H,47,49)(H,51,52). The largest absolute Gasteiger partial charge is 0.491 e. The molecule has 1 saturated heterocycles. The Morgan fingerprint density at radius 3 is 2.43 bits per heavy atom. The molecule has 3 aromatic rings. The number of aliphatic carboxylic acids is 1. The minimum Gasteiger partial charge on any atom is -0.491 e. The Morgan fingerprint density at radius 1 is 1.02 bits per heavy atom. The molecule has 0 radical (unpaired) electrons. The van der Waals surface area contributed by atoms with Gasteiger partial charge in [0, 0.05) is 42.5 Å². The van der Waals surface area contributed by atoms with E-state index in [0.717, 1.165) is 18.0 Å². The fourth-order valence-corrected chi connectivity index (χ4v) is 9.32. The molecule has 0 spiro atoms. The average molecular weight is 821 g/mol. The highest BCUT2D eigenvalue weighted by Crippen LogP contribution is 2.52. The van der Waals surface area contributed by atoms with Crippen molar-refractivity contribution >= 4 is 51.2 Å². The van der Waals surface area contributed by atoms with Crippen molar-refractivity contribution in [2.75, 3.05) is 32.2 Å². The van der Waals surface area contributed by atoms with Crippen LogP contribution in [0.3, 0.4) is 0 Å². The number of hydrogen-bond acceptors (Lipinski definition) is 12. The quantitative estimate of drug-likeness (QED) is 0.126. The highest BCUT2D eigenvalue weighted by Gasteiger charge is 2.61.